The molecule has 0 atom stereocenters. The van der Waals surface area contributed by atoms with Gasteiger partial charge in [0.05, 0.1) is 5.56 Å². The molecule has 6 heteroatoms. The Morgan fingerprint density at radius 2 is 2.00 bits per heavy atom. The summed E-state index contributed by atoms with van der Waals surface area (Å²) in [5, 5.41) is 3.23. The number of anilines is 2. The summed E-state index contributed by atoms with van der Waals surface area (Å²) in [7, 11) is 0. The zero-order valence-electron chi connectivity index (χ0n) is 11.6. The van der Waals surface area contributed by atoms with Crippen molar-refractivity contribution in [3.05, 3.63) is 41.6 Å². The summed E-state index contributed by atoms with van der Waals surface area (Å²) in [5.41, 5.74) is 8.37. The zero-order valence-corrected chi connectivity index (χ0v) is 12.4. The predicted octanol–water partition coefficient (Wildman–Crippen LogP) is 2.54. The molecule has 1 aliphatic heterocycles. The van der Waals surface area contributed by atoms with Gasteiger partial charge in [0.1, 0.15) is 24.0 Å². The molecular formula is C15H15N3O2S. The van der Waals surface area contributed by atoms with Crippen LogP contribution in [0.25, 0.3) is 0 Å². The highest BCUT2D eigenvalue weighted by Gasteiger charge is 2.14. The van der Waals surface area contributed by atoms with Crippen LogP contribution in [0.15, 0.2) is 30.5 Å². The van der Waals surface area contributed by atoms with E-state index in [9.17, 15) is 0 Å². The van der Waals surface area contributed by atoms with Crippen molar-refractivity contribution in [2.24, 2.45) is 5.73 Å². The van der Waals surface area contributed by atoms with Crippen LogP contribution >= 0.6 is 12.2 Å². The normalized spacial score (nSPS) is 12.8. The molecule has 0 aliphatic carbocycles. The fourth-order valence-corrected chi connectivity index (χ4v) is 2.48. The van der Waals surface area contributed by atoms with Crippen LogP contribution in [0.4, 0.5) is 11.5 Å². The number of nitrogens with zero attached hydrogens (tertiary/aromatic N) is 1. The van der Waals surface area contributed by atoms with E-state index in [4.69, 9.17) is 27.4 Å². The third-order valence-corrected chi connectivity index (χ3v) is 3.41. The molecular weight excluding hydrogens is 286 g/mol. The quantitative estimate of drug-likeness (QED) is 0.849. The highest BCUT2D eigenvalue weighted by molar-refractivity contribution is 7.80. The first-order valence-corrected chi connectivity index (χ1v) is 6.98. The van der Waals surface area contributed by atoms with Gasteiger partial charge in [-0.2, -0.15) is 0 Å². The largest absolute Gasteiger partial charge is 0.486 e. The molecule has 108 valence electrons. The third-order valence-electron chi connectivity index (χ3n) is 3.21. The van der Waals surface area contributed by atoms with Gasteiger partial charge in [-0.05, 0) is 30.7 Å². The molecule has 0 saturated heterocycles. The Balaban J connectivity index is 1.94. The number of nitrogens with two attached hydrogens (primary N) is 1. The maximum atomic E-state index is 5.79. The number of benzene rings is 1. The number of rotatable bonds is 3. The van der Waals surface area contributed by atoms with Gasteiger partial charge < -0.3 is 20.5 Å². The van der Waals surface area contributed by atoms with E-state index in [0.717, 1.165) is 28.3 Å². The van der Waals surface area contributed by atoms with Gasteiger partial charge in [0.25, 0.3) is 0 Å². The first-order chi connectivity index (χ1) is 10.1. The van der Waals surface area contributed by atoms with E-state index in [1.807, 2.05) is 31.2 Å². The lowest BCUT2D eigenvalue weighted by atomic mass is 10.1. The number of hydrogen-bond acceptors (Lipinski definition) is 5. The van der Waals surface area contributed by atoms with Crippen LogP contribution < -0.4 is 20.5 Å². The molecule has 0 amide bonds. The minimum absolute atomic E-state index is 0.320. The van der Waals surface area contributed by atoms with E-state index in [2.05, 4.69) is 10.3 Å². The zero-order chi connectivity index (χ0) is 14.8. The predicted molar refractivity (Wildman–Crippen MR) is 85.6 cm³/mol. The molecule has 0 unspecified atom stereocenters. The highest BCUT2D eigenvalue weighted by atomic mass is 32.1. The third kappa shape index (κ3) is 2.75. The Bertz CT molecular complexity index is 703. The lowest BCUT2D eigenvalue weighted by molar-refractivity contribution is 0.171. The monoisotopic (exact) mass is 301 g/mol. The summed E-state index contributed by atoms with van der Waals surface area (Å²) < 4.78 is 11.1. The second-order valence-electron chi connectivity index (χ2n) is 4.70. The van der Waals surface area contributed by atoms with Crippen LogP contribution in [0, 0.1) is 6.92 Å². The number of thiocarbonyl (C=S) groups is 1. The van der Waals surface area contributed by atoms with Crippen molar-refractivity contribution in [2.75, 3.05) is 18.5 Å². The van der Waals surface area contributed by atoms with Crippen molar-refractivity contribution in [2.45, 2.75) is 6.92 Å². The standard InChI is InChI=1S/C15H15N3O2S/c1-9-4-5-17-15(13(9)14(16)21)18-10-2-3-11-12(8-10)20-7-6-19-11/h2-5,8H,6-7H2,1H3,(H2,16,21)(H,17,18). The van der Waals surface area contributed by atoms with Crippen molar-refractivity contribution in [1.82, 2.24) is 4.98 Å². The van der Waals surface area contributed by atoms with Crippen molar-refractivity contribution >= 4 is 28.7 Å². The Kier molecular flexibility index (Phi) is 3.62. The Hall–Kier alpha value is -2.34. The second-order valence-corrected chi connectivity index (χ2v) is 5.14. The van der Waals surface area contributed by atoms with Gasteiger partial charge in [-0.3, -0.25) is 0 Å². The molecule has 5 nitrogen and oxygen atoms in total. The molecule has 2 aromatic rings. The van der Waals surface area contributed by atoms with E-state index in [-0.39, 0.29) is 0 Å². The first-order valence-electron chi connectivity index (χ1n) is 6.57. The number of fused-ring (bicyclic) bond motifs is 1. The average molecular weight is 301 g/mol. The number of hydrogen-bond donors (Lipinski definition) is 2. The van der Waals surface area contributed by atoms with Crippen LogP contribution in [0.3, 0.4) is 0 Å². The Morgan fingerprint density at radius 3 is 2.76 bits per heavy atom. The minimum atomic E-state index is 0.320. The molecule has 1 aromatic heterocycles. The minimum Gasteiger partial charge on any atom is -0.486 e. The van der Waals surface area contributed by atoms with Crippen LogP contribution in [0.2, 0.25) is 0 Å². The summed E-state index contributed by atoms with van der Waals surface area (Å²) in [4.78, 5) is 4.64. The molecule has 0 bridgehead atoms. The van der Waals surface area contributed by atoms with E-state index in [0.29, 0.717) is 24.0 Å². The lowest BCUT2D eigenvalue weighted by Crippen LogP contribution is -2.16. The van der Waals surface area contributed by atoms with Gasteiger partial charge in [-0.15, -0.1) is 0 Å². The van der Waals surface area contributed by atoms with Gasteiger partial charge in [0.2, 0.25) is 0 Å². The average Bonchev–Trinajstić information content (AvgIpc) is 2.47. The smallest absolute Gasteiger partial charge is 0.163 e. The van der Waals surface area contributed by atoms with Crippen LogP contribution in [0.5, 0.6) is 11.5 Å². The summed E-state index contributed by atoms with van der Waals surface area (Å²) in [5.74, 6) is 2.11. The van der Waals surface area contributed by atoms with Gasteiger partial charge >= 0.3 is 0 Å². The van der Waals surface area contributed by atoms with Crippen LogP contribution in [-0.2, 0) is 0 Å². The summed E-state index contributed by atoms with van der Waals surface area (Å²) >= 11 is 5.10. The van der Waals surface area contributed by atoms with E-state index < -0.39 is 0 Å². The molecule has 0 radical (unpaired) electrons. The SMILES string of the molecule is Cc1ccnc(Nc2ccc3c(c2)OCCO3)c1C(N)=S. The summed E-state index contributed by atoms with van der Waals surface area (Å²) in [6.45, 7) is 3.08. The molecule has 3 N–H and O–H groups in total. The molecule has 2 heterocycles. The van der Waals surface area contributed by atoms with Crippen molar-refractivity contribution in [3.8, 4) is 11.5 Å². The Labute approximate surface area is 128 Å². The van der Waals surface area contributed by atoms with Gasteiger partial charge in [-0.1, -0.05) is 12.2 Å². The second kappa shape index (κ2) is 5.57. The summed E-state index contributed by atoms with van der Waals surface area (Å²) in [6, 6.07) is 7.53. The number of ether oxygens (including phenoxy) is 2. The topological polar surface area (TPSA) is 69.4 Å². The number of nitrogens with one attached hydrogen (secondary N) is 1. The maximum Gasteiger partial charge on any atom is 0.163 e. The fraction of sp³-hybridized carbons (Fsp3) is 0.200. The number of aryl methyl sites for hydroxylation is 1. The maximum absolute atomic E-state index is 5.79. The molecule has 0 saturated carbocycles. The van der Waals surface area contributed by atoms with Crippen molar-refractivity contribution < 1.29 is 9.47 Å². The molecule has 3 rings (SSSR count). The number of aromatic nitrogens is 1. The number of pyridine rings is 1. The van der Waals surface area contributed by atoms with E-state index >= 15 is 0 Å². The molecule has 1 aromatic carbocycles. The summed E-state index contributed by atoms with van der Waals surface area (Å²) in [6.07, 6.45) is 1.72. The van der Waals surface area contributed by atoms with Crippen LogP contribution in [0.1, 0.15) is 11.1 Å². The van der Waals surface area contributed by atoms with Crippen LogP contribution in [-0.4, -0.2) is 23.2 Å². The van der Waals surface area contributed by atoms with Gasteiger partial charge in [-0.25, -0.2) is 4.98 Å². The fourth-order valence-electron chi connectivity index (χ4n) is 2.22. The van der Waals surface area contributed by atoms with Gasteiger partial charge in [0.15, 0.2) is 11.5 Å². The van der Waals surface area contributed by atoms with E-state index in [1.165, 1.54) is 0 Å². The highest BCUT2D eigenvalue weighted by Crippen LogP contribution is 2.33. The van der Waals surface area contributed by atoms with Gasteiger partial charge in [0, 0.05) is 18.0 Å². The lowest BCUT2D eigenvalue weighted by Gasteiger charge is -2.19. The first kappa shape index (κ1) is 13.6. The Morgan fingerprint density at radius 1 is 1.24 bits per heavy atom. The molecule has 1 aliphatic rings. The van der Waals surface area contributed by atoms with Crippen molar-refractivity contribution in [3.63, 3.8) is 0 Å². The van der Waals surface area contributed by atoms with E-state index in [1.54, 1.807) is 6.20 Å². The molecule has 0 fully saturated rings. The van der Waals surface area contributed by atoms with Crippen molar-refractivity contribution in [1.29, 1.82) is 0 Å². The molecule has 0 spiro atoms. The molecule has 21 heavy (non-hydrogen) atoms.